The molecule has 0 saturated heterocycles. The summed E-state index contributed by atoms with van der Waals surface area (Å²) in [6.07, 6.45) is 7.26. The fourth-order valence-corrected chi connectivity index (χ4v) is 4.39. The standard InChI is InChI=1S/C11H18O/c12-6-10-8-3-1-2-7-4-5-9(10)11(7)8/h7-12H,1-6H2/t7-,8+,9+,10-,11+/m1/s1. The van der Waals surface area contributed by atoms with E-state index in [4.69, 9.17) is 0 Å². The summed E-state index contributed by atoms with van der Waals surface area (Å²) >= 11 is 0. The van der Waals surface area contributed by atoms with Gasteiger partial charge in [0.25, 0.3) is 0 Å². The molecule has 3 rings (SSSR count). The van der Waals surface area contributed by atoms with Gasteiger partial charge in [-0.15, -0.1) is 0 Å². The fourth-order valence-electron chi connectivity index (χ4n) is 4.39. The summed E-state index contributed by atoms with van der Waals surface area (Å²) in [5.74, 6) is 4.69. The molecule has 0 heterocycles. The highest BCUT2D eigenvalue weighted by Gasteiger charge is 2.56. The molecule has 0 radical (unpaired) electrons. The predicted molar refractivity (Wildman–Crippen MR) is 47.6 cm³/mol. The summed E-state index contributed by atoms with van der Waals surface area (Å²) in [4.78, 5) is 0. The molecule has 0 aromatic carbocycles. The van der Waals surface area contributed by atoms with Crippen molar-refractivity contribution in [3.05, 3.63) is 0 Å². The third-order valence-electron chi connectivity index (χ3n) is 4.83. The average molecular weight is 166 g/mol. The smallest absolute Gasteiger partial charge is 0.0464 e. The molecule has 68 valence electrons. The SMILES string of the molecule is OC[C@@H]1[C@@H]2CCC[C@@H]3CC[C@@H]1[C@@H]32. The van der Waals surface area contributed by atoms with Crippen LogP contribution in [-0.2, 0) is 0 Å². The van der Waals surface area contributed by atoms with Crippen LogP contribution in [0.4, 0.5) is 0 Å². The minimum Gasteiger partial charge on any atom is -0.396 e. The number of hydrogen-bond acceptors (Lipinski definition) is 1. The Bertz CT molecular complexity index is 189. The molecule has 1 heteroatoms. The second-order valence-electron chi connectivity index (χ2n) is 5.02. The van der Waals surface area contributed by atoms with Crippen molar-refractivity contribution in [1.82, 2.24) is 0 Å². The number of aliphatic hydroxyl groups is 1. The molecule has 0 bridgehead atoms. The molecule has 3 aliphatic rings. The fraction of sp³-hybridized carbons (Fsp3) is 1.00. The van der Waals surface area contributed by atoms with E-state index in [0.29, 0.717) is 12.5 Å². The van der Waals surface area contributed by atoms with E-state index in [1.165, 1.54) is 32.1 Å². The highest BCUT2D eigenvalue weighted by Crippen LogP contribution is 2.62. The molecule has 0 spiro atoms. The molecular formula is C11H18O. The van der Waals surface area contributed by atoms with Crippen LogP contribution in [0, 0.1) is 29.6 Å². The van der Waals surface area contributed by atoms with Crippen LogP contribution in [0.5, 0.6) is 0 Å². The molecule has 1 N–H and O–H groups in total. The van der Waals surface area contributed by atoms with Gasteiger partial charge in [0.15, 0.2) is 0 Å². The van der Waals surface area contributed by atoms with Gasteiger partial charge in [0, 0.05) is 6.61 Å². The maximum absolute atomic E-state index is 9.24. The van der Waals surface area contributed by atoms with Crippen LogP contribution in [0.25, 0.3) is 0 Å². The summed E-state index contributed by atoms with van der Waals surface area (Å²) < 4.78 is 0. The van der Waals surface area contributed by atoms with E-state index >= 15 is 0 Å². The number of rotatable bonds is 1. The van der Waals surface area contributed by atoms with Crippen LogP contribution >= 0.6 is 0 Å². The molecular weight excluding hydrogens is 148 g/mol. The van der Waals surface area contributed by atoms with Gasteiger partial charge in [-0.25, -0.2) is 0 Å². The van der Waals surface area contributed by atoms with Crippen molar-refractivity contribution >= 4 is 0 Å². The van der Waals surface area contributed by atoms with Gasteiger partial charge < -0.3 is 5.11 Å². The lowest BCUT2D eigenvalue weighted by Crippen LogP contribution is -2.49. The second-order valence-corrected chi connectivity index (χ2v) is 5.02. The minimum atomic E-state index is 0.471. The molecule has 0 aromatic rings. The van der Waals surface area contributed by atoms with Crippen LogP contribution < -0.4 is 0 Å². The molecule has 0 unspecified atom stereocenters. The van der Waals surface area contributed by atoms with Gasteiger partial charge in [0.1, 0.15) is 0 Å². The van der Waals surface area contributed by atoms with Crippen molar-refractivity contribution in [3.63, 3.8) is 0 Å². The van der Waals surface area contributed by atoms with E-state index in [1.54, 1.807) is 0 Å². The van der Waals surface area contributed by atoms with E-state index in [0.717, 1.165) is 23.7 Å². The maximum atomic E-state index is 9.24. The highest BCUT2D eigenvalue weighted by atomic mass is 16.3. The van der Waals surface area contributed by atoms with Crippen molar-refractivity contribution < 1.29 is 5.11 Å². The Morgan fingerprint density at radius 1 is 1.00 bits per heavy atom. The minimum absolute atomic E-state index is 0.471. The van der Waals surface area contributed by atoms with Crippen LogP contribution in [-0.4, -0.2) is 11.7 Å². The zero-order valence-corrected chi connectivity index (χ0v) is 7.58. The molecule has 0 amide bonds. The van der Waals surface area contributed by atoms with E-state index in [2.05, 4.69) is 0 Å². The molecule has 1 nitrogen and oxygen atoms in total. The topological polar surface area (TPSA) is 20.2 Å². The van der Waals surface area contributed by atoms with Crippen molar-refractivity contribution in [1.29, 1.82) is 0 Å². The molecule has 3 aliphatic carbocycles. The summed E-state index contributed by atoms with van der Waals surface area (Å²) in [6, 6.07) is 0. The van der Waals surface area contributed by atoms with Crippen LogP contribution in [0.2, 0.25) is 0 Å². The first-order valence-corrected chi connectivity index (χ1v) is 5.52. The lowest BCUT2D eigenvalue weighted by Gasteiger charge is -2.53. The Hall–Kier alpha value is -0.0400. The Balaban J connectivity index is 1.82. The monoisotopic (exact) mass is 166 g/mol. The summed E-state index contributed by atoms with van der Waals surface area (Å²) in [5.41, 5.74) is 0. The first-order valence-electron chi connectivity index (χ1n) is 5.52. The van der Waals surface area contributed by atoms with Gasteiger partial charge in [0.05, 0.1) is 0 Å². The molecule has 0 aliphatic heterocycles. The van der Waals surface area contributed by atoms with Crippen LogP contribution in [0.15, 0.2) is 0 Å². The Morgan fingerprint density at radius 2 is 1.83 bits per heavy atom. The quantitative estimate of drug-likeness (QED) is 0.632. The van der Waals surface area contributed by atoms with E-state index in [1.807, 2.05) is 0 Å². The van der Waals surface area contributed by atoms with Crippen molar-refractivity contribution in [2.45, 2.75) is 32.1 Å². The summed E-state index contributed by atoms with van der Waals surface area (Å²) in [5, 5.41) is 9.24. The van der Waals surface area contributed by atoms with Gasteiger partial charge in [-0.3, -0.25) is 0 Å². The average Bonchev–Trinajstić information content (AvgIpc) is 2.45. The first kappa shape index (κ1) is 7.37. The van der Waals surface area contributed by atoms with Crippen molar-refractivity contribution in [2.75, 3.05) is 6.61 Å². The van der Waals surface area contributed by atoms with Crippen molar-refractivity contribution in [3.8, 4) is 0 Å². The predicted octanol–water partition coefficient (Wildman–Crippen LogP) is 2.05. The van der Waals surface area contributed by atoms with E-state index in [-0.39, 0.29) is 0 Å². The Kier molecular flexibility index (Phi) is 1.52. The zero-order valence-electron chi connectivity index (χ0n) is 7.58. The zero-order chi connectivity index (χ0) is 8.13. The van der Waals surface area contributed by atoms with E-state index < -0.39 is 0 Å². The summed E-state index contributed by atoms with van der Waals surface area (Å²) in [6.45, 7) is 0.471. The van der Waals surface area contributed by atoms with Gasteiger partial charge in [-0.2, -0.15) is 0 Å². The third-order valence-corrected chi connectivity index (χ3v) is 4.83. The maximum Gasteiger partial charge on any atom is 0.0464 e. The normalized spacial score (nSPS) is 56.2. The lowest BCUT2D eigenvalue weighted by atomic mass is 9.52. The Morgan fingerprint density at radius 3 is 2.67 bits per heavy atom. The second kappa shape index (κ2) is 2.47. The van der Waals surface area contributed by atoms with Gasteiger partial charge in [-0.05, 0) is 48.9 Å². The van der Waals surface area contributed by atoms with E-state index in [9.17, 15) is 5.11 Å². The molecule has 12 heavy (non-hydrogen) atoms. The van der Waals surface area contributed by atoms with Gasteiger partial charge >= 0.3 is 0 Å². The van der Waals surface area contributed by atoms with Gasteiger partial charge in [-0.1, -0.05) is 12.8 Å². The Labute approximate surface area is 74.2 Å². The molecule has 0 aromatic heterocycles. The number of aliphatic hydroxyl groups excluding tert-OH is 1. The molecule has 5 atom stereocenters. The summed E-state index contributed by atoms with van der Waals surface area (Å²) in [7, 11) is 0. The highest BCUT2D eigenvalue weighted by molar-refractivity contribution is 5.05. The molecule has 3 fully saturated rings. The third kappa shape index (κ3) is 0.736. The largest absolute Gasteiger partial charge is 0.396 e. The van der Waals surface area contributed by atoms with Crippen LogP contribution in [0.3, 0.4) is 0 Å². The molecule has 3 saturated carbocycles. The van der Waals surface area contributed by atoms with Crippen molar-refractivity contribution in [2.24, 2.45) is 29.6 Å². The van der Waals surface area contributed by atoms with Gasteiger partial charge in [0.2, 0.25) is 0 Å². The first-order chi connectivity index (χ1) is 5.92. The van der Waals surface area contributed by atoms with Crippen LogP contribution in [0.1, 0.15) is 32.1 Å². The number of hydrogen-bond donors (Lipinski definition) is 1. The lowest BCUT2D eigenvalue weighted by molar-refractivity contribution is -0.0754.